The van der Waals surface area contributed by atoms with Gasteiger partial charge in [-0.15, -0.1) is 0 Å². The number of hydrogen-bond acceptors (Lipinski definition) is 3. The molecule has 1 aliphatic heterocycles. The molecule has 2 aliphatic rings. The van der Waals surface area contributed by atoms with Crippen LogP contribution in [-0.4, -0.2) is 28.6 Å². The second-order valence-electron chi connectivity index (χ2n) is 8.31. The molecular formula is C16H31N3O. The summed E-state index contributed by atoms with van der Waals surface area (Å²) in [6.45, 7) is 8.81. The SMILES string of the molecule is CC1(C)CC(NC(=O)CC2(N)CCCC2)CC(C)(C)N1. The van der Waals surface area contributed by atoms with Gasteiger partial charge in [0.2, 0.25) is 5.91 Å². The van der Waals surface area contributed by atoms with Crippen molar-refractivity contribution in [3.05, 3.63) is 0 Å². The van der Waals surface area contributed by atoms with Crippen LogP contribution in [0.5, 0.6) is 0 Å². The summed E-state index contributed by atoms with van der Waals surface area (Å²) < 4.78 is 0. The van der Waals surface area contributed by atoms with Crippen molar-refractivity contribution in [1.82, 2.24) is 10.6 Å². The summed E-state index contributed by atoms with van der Waals surface area (Å²) in [6, 6.07) is 0.249. The minimum atomic E-state index is -0.248. The van der Waals surface area contributed by atoms with E-state index >= 15 is 0 Å². The molecule has 0 aromatic rings. The van der Waals surface area contributed by atoms with Gasteiger partial charge >= 0.3 is 0 Å². The van der Waals surface area contributed by atoms with E-state index in [2.05, 4.69) is 38.3 Å². The Kier molecular flexibility index (Phi) is 4.18. The van der Waals surface area contributed by atoms with E-state index < -0.39 is 0 Å². The van der Waals surface area contributed by atoms with Gasteiger partial charge in [0.25, 0.3) is 0 Å². The van der Waals surface area contributed by atoms with Gasteiger partial charge in [-0.05, 0) is 53.4 Å². The van der Waals surface area contributed by atoms with Crippen molar-refractivity contribution >= 4 is 5.91 Å². The Balaban J connectivity index is 1.90. The van der Waals surface area contributed by atoms with Gasteiger partial charge in [0, 0.05) is 29.1 Å². The first-order valence-electron chi connectivity index (χ1n) is 7.97. The first kappa shape index (κ1) is 15.8. The summed E-state index contributed by atoms with van der Waals surface area (Å²) in [5, 5.41) is 6.86. The van der Waals surface area contributed by atoms with Crippen LogP contribution in [0.1, 0.15) is 72.6 Å². The Labute approximate surface area is 123 Å². The monoisotopic (exact) mass is 281 g/mol. The average molecular weight is 281 g/mol. The van der Waals surface area contributed by atoms with E-state index in [1.807, 2.05) is 0 Å². The number of nitrogens with one attached hydrogen (secondary N) is 2. The van der Waals surface area contributed by atoms with Crippen molar-refractivity contribution in [2.24, 2.45) is 5.73 Å². The van der Waals surface area contributed by atoms with Crippen LogP contribution in [0.15, 0.2) is 0 Å². The Hall–Kier alpha value is -0.610. The third-order valence-corrected chi connectivity index (χ3v) is 4.67. The maximum absolute atomic E-state index is 12.3. The van der Waals surface area contributed by atoms with Crippen molar-refractivity contribution in [2.45, 2.75) is 95.3 Å². The fourth-order valence-electron chi connectivity index (χ4n) is 4.28. The van der Waals surface area contributed by atoms with Gasteiger partial charge in [0.05, 0.1) is 0 Å². The van der Waals surface area contributed by atoms with Crippen LogP contribution in [0.4, 0.5) is 0 Å². The van der Waals surface area contributed by atoms with Crippen LogP contribution < -0.4 is 16.4 Å². The second-order valence-corrected chi connectivity index (χ2v) is 8.31. The van der Waals surface area contributed by atoms with Crippen LogP contribution in [0.25, 0.3) is 0 Å². The largest absolute Gasteiger partial charge is 0.353 e. The van der Waals surface area contributed by atoms with Gasteiger partial charge < -0.3 is 16.4 Å². The van der Waals surface area contributed by atoms with E-state index in [9.17, 15) is 4.79 Å². The molecule has 116 valence electrons. The standard InChI is InChI=1S/C16H31N3O/c1-14(2)9-12(10-15(3,4)19-14)18-13(20)11-16(17)7-5-6-8-16/h12,19H,5-11,17H2,1-4H3,(H,18,20). The summed E-state index contributed by atoms with van der Waals surface area (Å²) in [5.74, 6) is 0.132. The van der Waals surface area contributed by atoms with E-state index in [0.29, 0.717) is 6.42 Å². The summed E-state index contributed by atoms with van der Waals surface area (Å²) in [4.78, 5) is 12.3. The molecule has 4 nitrogen and oxygen atoms in total. The molecule has 0 spiro atoms. The maximum Gasteiger partial charge on any atom is 0.222 e. The highest BCUT2D eigenvalue weighted by molar-refractivity contribution is 5.77. The second kappa shape index (κ2) is 5.30. The average Bonchev–Trinajstić information content (AvgIpc) is 2.58. The number of hydrogen-bond donors (Lipinski definition) is 3. The molecule has 1 aliphatic carbocycles. The molecule has 2 fully saturated rings. The van der Waals surface area contributed by atoms with Gasteiger partial charge in [-0.2, -0.15) is 0 Å². The van der Waals surface area contributed by atoms with Crippen LogP contribution >= 0.6 is 0 Å². The molecule has 4 N–H and O–H groups in total. The van der Waals surface area contributed by atoms with Crippen molar-refractivity contribution in [3.63, 3.8) is 0 Å². The Bertz CT molecular complexity index is 354. The van der Waals surface area contributed by atoms with Crippen LogP contribution in [0.2, 0.25) is 0 Å². The molecule has 20 heavy (non-hydrogen) atoms. The topological polar surface area (TPSA) is 67.2 Å². The summed E-state index contributed by atoms with van der Waals surface area (Å²) in [6.07, 6.45) is 6.74. The minimum absolute atomic E-state index is 0.0630. The summed E-state index contributed by atoms with van der Waals surface area (Å²) in [7, 11) is 0. The molecule has 1 heterocycles. The van der Waals surface area contributed by atoms with Crippen molar-refractivity contribution in [3.8, 4) is 0 Å². The number of amides is 1. The van der Waals surface area contributed by atoms with Crippen molar-refractivity contribution < 1.29 is 4.79 Å². The lowest BCUT2D eigenvalue weighted by atomic mass is 9.79. The highest BCUT2D eigenvalue weighted by atomic mass is 16.1. The highest BCUT2D eigenvalue weighted by Crippen LogP contribution is 2.31. The summed E-state index contributed by atoms with van der Waals surface area (Å²) in [5.41, 5.74) is 6.18. The quantitative estimate of drug-likeness (QED) is 0.742. The normalized spacial score (nSPS) is 28.2. The van der Waals surface area contributed by atoms with Gasteiger partial charge in [-0.25, -0.2) is 0 Å². The first-order chi connectivity index (χ1) is 9.09. The van der Waals surface area contributed by atoms with Crippen LogP contribution in [-0.2, 0) is 4.79 Å². The molecule has 0 aromatic heterocycles. The zero-order valence-corrected chi connectivity index (χ0v) is 13.5. The van der Waals surface area contributed by atoms with E-state index in [1.54, 1.807) is 0 Å². The van der Waals surface area contributed by atoms with E-state index in [0.717, 1.165) is 38.5 Å². The molecular weight excluding hydrogens is 250 g/mol. The van der Waals surface area contributed by atoms with E-state index in [1.165, 1.54) is 0 Å². The zero-order valence-electron chi connectivity index (χ0n) is 13.5. The number of rotatable bonds is 3. The molecule has 1 amide bonds. The van der Waals surface area contributed by atoms with Gasteiger partial charge in [0.15, 0.2) is 0 Å². The third-order valence-electron chi connectivity index (χ3n) is 4.67. The molecule has 0 radical (unpaired) electrons. The summed E-state index contributed by atoms with van der Waals surface area (Å²) >= 11 is 0. The predicted molar refractivity (Wildman–Crippen MR) is 82.5 cm³/mol. The molecule has 0 unspecified atom stereocenters. The fraction of sp³-hybridized carbons (Fsp3) is 0.938. The lowest BCUT2D eigenvalue weighted by Crippen LogP contribution is -2.62. The van der Waals surface area contributed by atoms with Crippen molar-refractivity contribution in [2.75, 3.05) is 0 Å². The maximum atomic E-state index is 12.3. The number of nitrogens with two attached hydrogens (primary N) is 1. The van der Waals surface area contributed by atoms with E-state index in [-0.39, 0.29) is 28.6 Å². The van der Waals surface area contributed by atoms with Gasteiger partial charge in [-0.1, -0.05) is 12.8 Å². The Morgan fingerprint density at radius 3 is 2.15 bits per heavy atom. The predicted octanol–water partition coefficient (Wildman–Crippen LogP) is 2.07. The first-order valence-corrected chi connectivity index (χ1v) is 7.97. The highest BCUT2D eigenvalue weighted by Gasteiger charge is 2.39. The smallest absolute Gasteiger partial charge is 0.222 e. The van der Waals surface area contributed by atoms with Crippen molar-refractivity contribution in [1.29, 1.82) is 0 Å². The molecule has 2 rings (SSSR count). The number of carbonyl (C=O) groups is 1. The van der Waals surface area contributed by atoms with Crippen LogP contribution in [0.3, 0.4) is 0 Å². The minimum Gasteiger partial charge on any atom is -0.353 e. The lowest BCUT2D eigenvalue weighted by molar-refractivity contribution is -0.123. The van der Waals surface area contributed by atoms with Gasteiger partial charge in [-0.3, -0.25) is 4.79 Å². The molecule has 0 aromatic carbocycles. The molecule has 0 atom stereocenters. The molecule has 4 heteroatoms. The van der Waals surface area contributed by atoms with Crippen LogP contribution in [0, 0.1) is 0 Å². The third kappa shape index (κ3) is 4.19. The fourth-order valence-corrected chi connectivity index (χ4v) is 4.28. The lowest BCUT2D eigenvalue weighted by Gasteiger charge is -2.46. The zero-order chi connectivity index (χ0) is 15.0. The number of piperidine rings is 1. The molecule has 1 saturated carbocycles. The van der Waals surface area contributed by atoms with E-state index in [4.69, 9.17) is 5.73 Å². The molecule has 1 saturated heterocycles. The number of carbonyl (C=O) groups excluding carboxylic acids is 1. The molecule has 0 bridgehead atoms. The Morgan fingerprint density at radius 1 is 1.15 bits per heavy atom. The Morgan fingerprint density at radius 2 is 1.65 bits per heavy atom. The van der Waals surface area contributed by atoms with Gasteiger partial charge in [0.1, 0.15) is 0 Å².